The maximum absolute atomic E-state index is 12.7. The van der Waals surface area contributed by atoms with Crippen molar-refractivity contribution in [3.63, 3.8) is 0 Å². The zero-order valence-corrected chi connectivity index (χ0v) is 19.4. The average molecular weight is 462 g/mol. The first-order valence-electron chi connectivity index (χ1n) is 11.0. The van der Waals surface area contributed by atoms with Gasteiger partial charge in [0.05, 0.1) is 5.69 Å². The summed E-state index contributed by atoms with van der Waals surface area (Å²) in [6.45, 7) is 6.04. The third kappa shape index (κ3) is 5.46. The quantitative estimate of drug-likeness (QED) is 0.402. The molecule has 8 nitrogen and oxygen atoms in total. The summed E-state index contributed by atoms with van der Waals surface area (Å²) in [6.07, 6.45) is 2.03. The molecule has 2 heterocycles. The lowest BCUT2D eigenvalue weighted by Crippen LogP contribution is -2.37. The SMILES string of the molecule is Cc1ccc(OC(=O)N(CC(=O)O)Cc2ccc3ccn(CCc4nc(C)oc4C)c3c2)cc1. The zero-order valence-electron chi connectivity index (χ0n) is 19.4. The largest absolute Gasteiger partial charge is 0.480 e. The average Bonchev–Trinajstić information content (AvgIpc) is 3.34. The van der Waals surface area contributed by atoms with Gasteiger partial charge in [-0.3, -0.25) is 9.69 Å². The number of hydrogen-bond acceptors (Lipinski definition) is 5. The molecule has 4 rings (SSSR count). The summed E-state index contributed by atoms with van der Waals surface area (Å²) in [4.78, 5) is 29.8. The number of carbonyl (C=O) groups excluding carboxylic acids is 1. The van der Waals surface area contributed by atoms with Gasteiger partial charge in [-0.05, 0) is 49.1 Å². The molecule has 0 bridgehead atoms. The highest BCUT2D eigenvalue weighted by Crippen LogP contribution is 2.21. The van der Waals surface area contributed by atoms with E-state index in [2.05, 4.69) is 9.55 Å². The van der Waals surface area contributed by atoms with Gasteiger partial charge < -0.3 is 18.8 Å². The van der Waals surface area contributed by atoms with Crippen molar-refractivity contribution >= 4 is 23.0 Å². The van der Waals surface area contributed by atoms with Crippen LogP contribution in [0.3, 0.4) is 0 Å². The van der Waals surface area contributed by atoms with Crippen LogP contribution in [-0.2, 0) is 24.3 Å². The molecule has 2 aromatic carbocycles. The lowest BCUT2D eigenvalue weighted by atomic mass is 10.1. The number of carboxylic acids is 1. The van der Waals surface area contributed by atoms with E-state index in [9.17, 15) is 14.7 Å². The van der Waals surface area contributed by atoms with Crippen LogP contribution in [0.25, 0.3) is 10.9 Å². The number of benzene rings is 2. The molecule has 34 heavy (non-hydrogen) atoms. The minimum absolute atomic E-state index is 0.111. The number of aliphatic carboxylic acids is 1. The molecule has 0 aliphatic carbocycles. The predicted octanol–water partition coefficient (Wildman–Crippen LogP) is 4.88. The Morgan fingerprint density at radius 3 is 2.53 bits per heavy atom. The van der Waals surface area contributed by atoms with E-state index in [-0.39, 0.29) is 6.54 Å². The van der Waals surface area contributed by atoms with Gasteiger partial charge in [-0.25, -0.2) is 9.78 Å². The molecule has 1 amide bonds. The smallest absolute Gasteiger partial charge is 0.416 e. The molecule has 176 valence electrons. The van der Waals surface area contributed by atoms with Crippen LogP contribution in [0, 0.1) is 20.8 Å². The Morgan fingerprint density at radius 2 is 1.85 bits per heavy atom. The minimum Gasteiger partial charge on any atom is -0.480 e. The van der Waals surface area contributed by atoms with Crippen molar-refractivity contribution in [3.8, 4) is 5.75 Å². The second kappa shape index (κ2) is 9.82. The molecule has 0 unspecified atom stereocenters. The molecule has 0 aliphatic rings. The van der Waals surface area contributed by atoms with Crippen molar-refractivity contribution in [3.05, 3.63) is 83.2 Å². The van der Waals surface area contributed by atoms with Crippen LogP contribution in [0.5, 0.6) is 5.75 Å². The highest BCUT2D eigenvalue weighted by Gasteiger charge is 2.20. The Bertz CT molecular complexity index is 1320. The van der Waals surface area contributed by atoms with Gasteiger partial charge >= 0.3 is 12.1 Å². The van der Waals surface area contributed by atoms with E-state index in [1.165, 1.54) is 4.90 Å². The molecule has 1 N–H and O–H groups in total. The molecule has 8 heteroatoms. The molecule has 0 atom stereocenters. The van der Waals surface area contributed by atoms with E-state index >= 15 is 0 Å². The molecule has 0 saturated heterocycles. The lowest BCUT2D eigenvalue weighted by molar-refractivity contribution is -0.138. The zero-order chi connectivity index (χ0) is 24.2. The maximum atomic E-state index is 12.7. The van der Waals surface area contributed by atoms with Crippen molar-refractivity contribution in [1.82, 2.24) is 14.5 Å². The third-order valence-corrected chi connectivity index (χ3v) is 5.61. The second-order valence-corrected chi connectivity index (χ2v) is 8.32. The molecule has 0 saturated carbocycles. The standard InChI is InChI=1S/C26H27N3O5/c1-17-4-8-22(9-5-17)34-26(32)29(16-25(30)31)15-20-6-7-21-10-12-28(24(21)14-20)13-11-23-18(2)33-19(3)27-23/h4-10,12,14H,11,13,15-16H2,1-3H3,(H,30,31). The topological polar surface area (TPSA) is 97.8 Å². The van der Waals surface area contributed by atoms with Gasteiger partial charge in [-0.15, -0.1) is 0 Å². The fraction of sp³-hybridized carbons (Fsp3) is 0.269. The fourth-order valence-electron chi connectivity index (χ4n) is 3.89. The Balaban J connectivity index is 1.51. The molecule has 0 fully saturated rings. The van der Waals surface area contributed by atoms with Crippen LogP contribution in [0.2, 0.25) is 0 Å². The van der Waals surface area contributed by atoms with Crippen LogP contribution >= 0.6 is 0 Å². The number of fused-ring (bicyclic) bond motifs is 1. The molecule has 0 aliphatic heterocycles. The van der Waals surface area contributed by atoms with Crippen molar-refractivity contribution in [2.45, 2.75) is 40.3 Å². The number of amides is 1. The van der Waals surface area contributed by atoms with Gasteiger partial charge in [0.2, 0.25) is 0 Å². The molecule has 0 radical (unpaired) electrons. The third-order valence-electron chi connectivity index (χ3n) is 5.61. The Morgan fingerprint density at radius 1 is 1.09 bits per heavy atom. The van der Waals surface area contributed by atoms with E-state index in [1.807, 2.05) is 63.4 Å². The van der Waals surface area contributed by atoms with E-state index in [1.54, 1.807) is 12.1 Å². The van der Waals surface area contributed by atoms with Crippen molar-refractivity contribution in [2.75, 3.05) is 6.54 Å². The number of nitrogens with zero attached hydrogens (tertiary/aromatic N) is 3. The number of hydrogen-bond donors (Lipinski definition) is 1. The van der Waals surface area contributed by atoms with E-state index in [4.69, 9.17) is 9.15 Å². The van der Waals surface area contributed by atoms with Gasteiger partial charge in [-0.2, -0.15) is 0 Å². The first-order chi connectivity index (χ1) is 16.3. The van der Waals surface area contributed by atoms with E-state index < -0.39 is 18.6 Å². The predicted molar refractivity (Wildman–Crippen MR) is 127 cm³/mol. The van der Waals surface area contributed by atoms with Gasteiger partial charge in [0.25, 0.3) is 0 Å². The summed E-state index contributed by atoms with van der Waals surface area (Å²) in [6, 6.07) is 14.9. The second-order valence-electron chi connectivity index (χ2n) is 8.32. The van der Waals surface area contributed by atoms with Crippen LogP contribution < -0.4 is 4.74 Å². The number of ether oxygens (including phenoxy) is 1. The van der Waals surface area contributed by atoms with E-state index in [0.29, 0.717) is 18.2 Å². The van der Waals surface area contributed by atoms with Gasteiger partial charge in [0, 0.05) is 38.1 Å². The maximum Gasteiger partial charge on any atom is 0.416 e. The van der Waals surface area contributed by atoms with Crippen LogP contribution in [-0.4, -0.2) is 38.2 Å². The molecule has 2 aromatic heterocycles. The summed E-state index contributed by atoms with van der Waals surface area (Å²) >= 11 is 0. The number of rotatable bonds is 8. The summed E-state index contributed by atoms with van der Waals surface area (Å²) in [5.41, 5.74) is 3.77. The normalized spacial score (nSPS) is 11.0. The minimum atomic E-state index is -1.11. The van der Waals surface area contributed by atoms with Gasteiger partial charge in [-0.1, -0.05) is 29.8 Å². The summed E-state index contributed by atoms with van der Waals surface area (Å²) < 4.78 is 13.0. The molecule has 4 aromatic rings. The number of carboxylic acid groups (broad SMARTS) is 1. The molecular formula is C26H27N3O5. The summed E-state index contributed by atoms with van der Waals surface area (Å²) in [7, 11) is 0. The first-order valence-corrected chi connectivity index (χ1v) is 11.0. The Kier molecular flexibility index (Phi) is 6.67. The fourth-order valence-corrected chi connectivity index (χ4v) is 3.89. The number of carbonyl (C=O) groups is 2. The summed E-state index contributed by atoms with van der Waals surface area (Å²) in [5.74, 6) is 0.742. The molecule has 0 spiro atoms. The Labute approximate surface area is 197 Å². The van der Waals surface area contributed by atoms with Crippen molar-refractivity contribution in [1.29, 1.82) is 0 Å². The number of oxazole rings is 1. The van der Waals surface area contributed by atoms with Gasteiger partial charge in [0.1, 0.15) is 18.1 Å². The Hall–Kier alpha value is -4.07. The highest BCUT2D eigenvalue weighted by atomic mass is 16.6. The van der Waals surface area contributed by atoms with Crippen molar-refractivity contribution < 1.29 is 23.8 Å². The van der Waals surface area contributed by atoms with Crippen LogP contribution in [0.15, 0.2) is 59.1 Å². The van der Waals surface area contributed by atoms with Crippen molar-refractivity contribution in [2.24, 2.45) is 0 Å². The highest BCUT2D eigenvalue weighted by molar-refractivity contribution is 5.81. The summed E-state index contributed by atoms with van der Waals surface area (Å²) in [5, 5.41) is 10.4. The monoisotopic (exact) mass is 461 g/mol. The van der Waals surface area contributed by atoms with Crippen LogP contribution in [0.1, 0.15) is 28.5 Å². The lowest BCUT2D eigenvalue weighted by Gasteiger charge is -2.20. The first kappa shape index (κ1) is 23.1. The van der Waals surface area contributed by atoms with Gasteiger partial charge in [0.15, 0.2) is 5.89 Å². The molecular weight excluding hydrogens is 434 g/mol. The van der Waals surface area contributed by atoms with E-state index in [0.717, 1.165) is 39.9 Å². The number of aryl methyl sites for hydroxylation is 5. The number of aromatic nitrogens is 2. The van der Waals surface area contributed by atoms with Crippen LogP contribution in [0.4, 0.5) is 4.79 Å².